The lowest BCUT2D eigenvalue weighted by Crippen LogP contribution is -2.13. The maximum atomic E-state index is 12.3. The summed E-state index contributed by atoms with van der Waals surface area (Å²) < 4.78 is 11.5. The molecule has 2 aromatic carbocycles. The molecule has 25 heavy (non-hydrogen) atoms. The van der Waals surface area contributed by atoms with E-state index in [1.807, 2.05) is 25.1 Å². The number of rotatable bonds is 6. The molecule has 0 fully saturated rings. The van der Waals surface area contributed by atoms with Crippen LogP contribution in [-0.4, -0.2) is 19.6 Å². The topological polar surface area (TPSA) is 71.3 Å². The molecule has 1 N–H and O–H groups in total. The van der Waals surface area contributed by atoms with Crippen molar-refractivity contribution in [2.75, 3.05) is 19.0 Å². The lowest BCUT2D eigenvalue weighted by atomic mass is 10.1. The molecule has 0 heterocycles. The van der Waals surface area contributed by atoms with Crippen molar-refractivity contribution in [1.29, 1.82) is 5.26 Å². The quantitative estimate of drug-likeness (QED) is 0.408. The second kappa shape index (κ2) is 9.08. The first-order valence-electron chi connectivity index (χ1n) is 7.56. The molecule has 0 bridgehead atoms. The average Bonchev–Trinajstić information content (AvgIpc) is 2.60. The minimum atomic E-state index is -0.468. The molecule has 0 aliphatic rings. The van der Waals surface area contributed by atoms with Crippen LogP contribution in [0.1, 0.15) is 12.5 Å². The van der Waals surface area contributed by atoms with Crippen LogP contribution in [-0.2, 0) is 4.79 Å². The Balaban J connectivity index is 2.21. The molecule has 1 amide bonds. The van der Waals surface area contributed by atoms with Crippen molar-refractivity contribution in [1.82, 2.24) is 0 Å². The van der Waals surface area contributed by atoms with Gasteiger partial charge in [0.1, 0.15) is 23.1 Å². The van der Waals surface area contributed by atoms with E-state index < -0.39 is 5.91 Å². The zero-order chi connectivity index (χ0) is 18.2. The van der Waals surface area contributed by atoms with Crippen LogP contribution in [0.4, 0.5) is 5.69 Å². The van der Waals surface area contributed by atoms with Crippen molar-refractivity contribution in [3.63, 3.8) is 0 Å². The van der Waals surface area contributed by atoms with E-state index in [0.29, 0.717) is 23.8 Å². The zero-order valence-electron chi connectivity index (χ0n) is 13.9. The van der Waals surface area contributed by atoms with Gasteiger partial charge in [0.05, 0.1) is 13.7 Å². The first kappa shape index (κ1) is 18.8. The van der Waals surface area contributed by atoms with E-state index in [1.54, 1.807) is 43.5 Å². The van der Waals surface area contributed by atoms with E-state index in [4.69, 9.17) is 9.47 Å². The highest BCUT2D eigenvalue weighted by molar-refractivity contribution is 14.1. The molecule has 0 aliphatic heterocycles. The Morgan fingerprint density at radius 2 is 1.96 bits per heavy atom. The van der Waals surface area contributed by atoms with Crippen molar-refractivity contribution in [3.05, 3.63) is 57.2 Å². The van der Waals surface area contributed by atoms with Gasteiger partial charge in [-0.15, -0.1) is 0 Å². The van der Waals surface area contributed by atoms with Gasteiger partial charge in [0, 0.05) is 9.26 Å². The summed E-state index contributed by atoms with van der Waals surface area (Å²) in [6, 6.07) is 14.4. The summed E-state index contributed by atoms with van der Waals surface area (Å²) >= 11 is 2.17. The zero-order valence-corrected chi connectivity index (χ0v) is 16.0. The van der Waals surface area contributed by atoms with Gasteiger partial charge in [-0.25, -0.2) is 0 Å². The van der Waals surface area contributed by atoms with E-state index in [1.165, 1.54) is 0 Å². The second-order valence-corrected chi connectivity index (χ2v) is 6.25. The number of carbonyl (C=O) groups excluding carboxylic acids is 1. The summed E-state index contributed by atoms with van der Waals surface area (Å²) in [5.41, 5.74) is 1.33. The molecular weight excluding hydrogens is 431 g/mol. The maximum Gasteiger partial charge on any atom is 0.266 e. The van der Waals surface area contributed by atoms with Crippen LogP contribution in [0.2, 0.25) is 0 Å². The fraction of sp³-hybridized carbons (Fsp3) is 0.158. The average molecular weight is 448 g/mol. The summed E-state index contributed by atoms with van der Waals surface area (Å²) in [7, 11) is 1.57. The predicted molar refractivity (Wildman–Crippen MR) is 106 cm³/mol. The highest BCUT2D eigenvalue weighted by atomic mass is 127. The Labute approximate surface area is 160 Å². The summed E-state index contributed by atoms with van der Waals surface area (Å²) in [5, 5.41) is 12.0. The van der Waals surface area contributed by atoms with E-state index >= 15 is 0 Å². The smallest absolute Gasteiger partial charge is 0.266 e. The van der Waals surface area contributed by atoms with Gasteiger partial charge in [0.25, 0.3) is 5.91 Å². The molecule has 2 rings (SSSR count). The molecule has 0 unspecified atom stereocenters. The number of methoxy groups -OCH3 is 1. The molecule has 5 nitrogen and oxygen atoms in total. The van der Waals surface area contributed by atoms with Gasteiger partial charge in [-0.05, 0) is 83.6 Å². The normalized spacial score (nSPS) is 10.7. The minimum absolute atomic E-state index is 0.0141. The Morgan fingerprint density at radius 3 is 2.56 bits per heavy atom. The number of nitriles is 1. The van der Waals surface area contributed by atoms with Crippen LogP contribution in [0.3, 0.4) is 0 Å². The molecule has 0 spiro atoms. The van der Waals surface area contributed by atoms with Gasteiger partial charge in [-0.2, -0.15) is 5.26 Å². The Kier molecular flexibility index (Phi) is 6.83. The van der Waals surface area contributed by atoms with Gasteiger partial charge in [0.15, 0.2) is 0 Å². The molecular formula is C19H17IN2O3. The van der Waals surface area contributed by atoms with Gasteiger partial charge in [0.2, 0.25) is 0 Å². The number of carbonyl (C=O) groups is 1. The van der Waals surface area contributed by atoms with E-state index in [2.05, 4.69) is 27.9 Å². The number of anilines is 1. The SMILES string of the molecule is CCOc1cc(I)cc(/C=C(\C#N)C(=O)Nc2ccc(OC)cc2)c1. The fourth-order valence-corrected chi connectivity index (χ4v) is 2.77. The summed E-state index contributed by atoms with van der Waals surface area (Å²) in [4.78, 5) is 12.3. The number of halogens is 1. The lowest BCUT2D eigenvalue weighted by Gasteiger charge is -2.07. The predicted octanol–water partition coefficient (Wildman–Crippen LogP) is 4.24. The van der Waals surface area contributed by atoms with Crippen LogP contribution < -0.4 is 14.8 Å². The van der Waals surface area contributed by atoms with Crippen LogP contribution in [0.15, 0.2) is 48.0 Å². The number of hydrogen-bond acceptors (Lipinski definition) is 4. The molecule has 0 saturated carbocycles. The van der Waals surface area contributed by atoms with Crippen molar-refractivity contribution >= 4 is 40.3 Å². The lowest BCUT2D eigenvalue weighted by molar-refractivity contribution is -0.112. The highest BCUT2D eigenvalue weighted by Crippen LogP contribution is 2.21. The molecule has 0 atom stereocenters. The van der Waals surface area contributed by atoms with Crippen molar-refractivity contribution in [2.45, 2.75) is 6.92 Å². The highest BCUT2D eigenvalue weighted by Gasteiger charge is 2.10. The Hall–Kier alpha value is -2.53. The van der Waals surface area contributed by atoms with Gasteiger partial charge in [-0.3, -0.25) is 4.79 Å². The molecule has 2 aromatic rings. The first-order chi connectivity index (χ1) is 12.0. The standard InChI is InChI=1S/C19H17IN2O3/c1-3-25-18-10-13(9-15(20)11-18)8-14(12-21)19(23)22-16-4-6-17(24-2)7-5-16/h4-11H,3H2,1-2H3,(H,22,23)/b14-8+. The monoisotopic (exact) mass is 448 g/mol. The third-order valence-electron chi connectivity index (χ3n) is 3.23. The fourth-order valence-electron chi connectivity index (χ4n) is 2.11. The van der Waals surface area contributed by atoms with E-state index in [-0.39, 0.29) is 5.57 Å². The largest absolute Gasteiger partial charge is 0.497 e. The third-order valence-corrected chi connectivity index (χ3v) is 3.85. The summed E-state index contributed by atoms with van der Waals surface area (Å²) in [6.07, 6.45) is 1.55. The van der Waals surface area contributed by atoms with Gasteiger partial charge >= 0.3 is 0 Å². The molecule has 6 heteroatoms. The van der Waals surface area contributed by atoms with Crippen molar-refractivity contribution in [3.8, 4) is 17.6 Å². The van der Waals surface area contributed by atoms with Crippen molar-refractivity contribution < 1.29 is 14.3 Å². The van der Waals surface area contributed by atoms with Crippen molar-refractivity contribution in [2.24, 2.45) is 0 Å². The molecule has 0 aliphatic carbocycles. The Morgan fingerprint density at radius 1 is 1.24 bits per heavy atom. The maximum absolute atomic E-state index is 12.3. The van der Waals surface area contributed by atoms with Crippen LogP contribution in [0, 0.1) is 14.9 Å². The molecule has 128 valence electrons. The van der Waals surface area contributed by atoms with Crippen LogP contribution >= 0.6 is 22.6 Å². The number of nitrogens with zero attached hydrogens (tertiary/aromatic N) is 1. The molecule has 0 saturated heterocycles. The van der Waals surface area contributed by atoms with E-state index in [0.717, 1.165) is 9.13 Å². The van der Waals surface area contributed by atoms with E-state index in [9.17, 15) is 10.1 Å². The van der Waals surface area contributed by atoms with Crippen LogP contribution in [0.25, 0.3) is 6.08 Å². The summed E-state index contributed by atoms with van der Waals surface area (Å²) in [5.74, 6) is 0.925. The van der Waals surface area contributed by atoms with Crippen LogP contribution in [0.5, 0.6) is 11.5 Å². The van der Waals surface area contributed by atoms with Gasteiger partial charge in [-0.1, -0.05) is 0 Å². The number of nitrogens with one attached hydrogen (secondary N) is 1. The minimum Gasteiger partial charge on any atom is -0.497 e. The number of hydrogen-bond donors (Lipinski definition) is 1. The summed E-state index contributed by atoms with van der Waals surface area (Å²) in [6.45, 7) is 2.45. The number of benzene rings is 2. The Bertz CT molecular complexity index is 824. The first-order valence-corrected chi connectivity index (χ1v) is 8.64. The van der Waals surface area contributed by atoms with Gasteiger partial charge < -0.3 is 14.8 Å². The number of ether oxygens (including phenoxy) is 2. The molecule has 0 aromatic heterocycles. The molecule has 0 radical (unpaired) electrons. The third kappa shape index (κ3) is 5.50. The number of amides is 1. The second-order valence-electron chi connectivity index (χ2n) is 5.01.